The summed E-state index contributed by atoms with van der Waals surface area (Å²) in [6, 6.07) is 28.4. The second kappa shape index (κ2) is 9.01. The number of anilines is 1. The summed E-state index contributed by atoms with van der Waals surface area (Å²) in [4.78, 5) is 18.9. The Labute approximate surface area is 192 Å². The summed E-state index contributed by atoms with van der Waals surface area (Å²) in [6.45, 7) is 0. The van der Waals surface area contributed by atoms with E-state index in [1.54, 1.807) is 18.0 Å². The van der Waals surface area contributed by atoms with E-state index >= 15 is 0 Å². The molecular weight excluding hydrogens is 412 g/mol. The second-order valence-corrected chi connectivity index (χ2v) is 8.94. The molecular formula is C28H24N2OS. The van der Waals surface area contributed by atoms with Gasteiger partial charge in [-0.1, -0.05) is 42.5 Å². The van der Waals surface area contributed by atoms with Crippen molar-refractivity contribution in [3.8, 4) is 22.4 Å². The predicted molar refractivity (Wildman–Crippen MR) is 133 cm³/mol. The number of nitrogens with zero attached hydrogens (tertiary/aromatic N) is 1. The van der Waals surface area contributed by atoms with Gasteiger partial charge >= 0.3 is 0 Å². The molecule has 5 rings (SSSR count). The lowest BCUT2D eigenvalue weighted by Crippen LogP contribution is -2.13. The van der Waals surface area contributed by atoms with E-state index in [0.717, 1.165) is 38.9 Å². The number of carbonyl (C=O) groups excluding carboxylic acids is 1. The Bertz CT molecular complexity index is 1250. The molecule has 0 atom stereocenters. The lowest BCUT2D eigenvalue weighted by Gasteiger charge is -2.13. The van der Waals surface area contributed by atoms with Crippen molar-refractivity contribution in [2.75, 3.05) is 11.6 Å². The molecule has 0 aliphatic heterocycles. The van der Waals surface area contributed by atoms with E-state index in [9.17, 15) is 4.79 Å². The molecule has 1 saturated carbocycles. The van der Waals surface area contributed by atoms with Gasteiger partial charge in [0, 0.05) is 27.9 Å². The number of pyridine rings is 1. The maximum Gasteiger partial charge on any atom is 0.256 e. The summed E-state index contributed by atoms with van der Waals surface area (Å²) >= 11 is 1.68. The molecule has 0 unspecified atom stereocenters. The van der Waals surface area contributed by atoms with Gasteiger partial charge in [-0.15, -0.1) is 11.8 Å². The lowest BCUT2D eigenvalue weighted by molar-refractivity contribution is 0.102. The Hall–Kier alpha value is -3.37. The quantitative estimate of drug-likeness (QED) is 0.323. The number of hydrogen-bond acceptors (Lipinski definition) is 3. The van der Waals surface area contributed by atoms with Gasteiger partial charge in [0.15, 0.2) is 0 Å². The van der Waals surface area contributed by atoms with Crippen LogP contribution in [0.3, 0.4) is 0 Å². The van der Waals surface area contributed by atoms with Crippen LogP contribution < -0.4 is 5.32 Å². The minimum Gasteiger partial charge on any atom is -0.322 e. The Kier molecular flexibility index (Phi) is 5.78. The molecule has 32 heavy (non-hydrogen) atoms. The lowest BCUT2D eigenvalue weighted by atomic mass is 9.97. The first-order valence-electron chi connectivity index (χ1n) is 10.8. The normalized spacial score (nSPS) is 13.0. The number of amides is 1. The molecule has 4 heteroatoms. The van der Waals surface area contributed by atoms with E-state index < -0.39 is 0 Å². The van der Waals surface area contributed by atoms with Crippen molar-refractivity contribution in [1.29, 1.82) is 0 Å². The molecule has 0 radical (unpaired) electrons. The van der Waals surface area contributed by atoms with Gasteiger partial charge in [-0.05, 0) is 84.2 Å². The zero-order valence-corrected chi connectivity index (χ0v) is 18.7. The SMILES string of the molecule is CSc1ccc(C(=O)Nc2cccc(-c3ccccn3)c2)c(-c2ccc(C3CC3)cc2)c1. The maximum atomic E-state index is 13.3. The van der Waals surface area contributed by atoms with Crippen LogP contribution in [0.1, 0.15) is 34.7 Å². The molecule has 1 aliphatic rings. The zero-order valence-electron chi connectivity index (χ0n) is 17.9. The van der Waals surface area contributed by atoms with E-state index in [-0.39, 0.29) is 5.91 Å². The average Bonchev–Trinajstić information content (AvgIpc) is 3.70. The standard InChI is InChI=1S/C28H24N2OS/c1-32-24-14-15-25(26(18-24)21-12-10-20(11-13-21)19-8-9-19)28(31)30-23-6-4-5-22(17-23)27-7-2-3-16-29-27/h2-7,10-19H,8-9H2,1H3,(H,30,31). The molecule has 1 aromatic heterocycles. The van der Waals surface area contributed by atoms with Gasteiger partial charge in [0.1, 0.15) is 0 Å². The molecule has 4 aromatic rings. The first-order chi connectivity index (χ1) is 15.7. The summed E-state index contributed by atoms with van der Waals surface area (Å²) in [5.41, 5.74) is 6.69. The van der Waals surface area contributed by atoms with Gasteiger partial charge in [0.2, 0.25) is 0 Å². The summed E-state index contributed by atoms with van der Waals surface area (Å²) in [6.07, 6.45) is 6.39. The first kappa shape index (κ1) is 20.5. The van der Waals surface area contributed by atoms with E-state index in [2.05, 4.69) is 46.9 Å². The molecule has 0 saturated heterocycles. The minimum atomic E-state index is -0.114. The topological polar surface area (TPSA) is 42.0 Å². The molecule has 3 aromatic carbocycles. The van der Waals surface area contributed by atoms with Gasteiger partial charge in [-0.2, -0.15) is 0 Å². The monoisotopic (exact) mass is 436 g/mol. The highest BCUT2D eigenvalue weighted by Gasteiger charge is 2.23. The number of aromatic nitrogens is 1. The van der Waals surface area contributed by atoms with Gasteiger partial charge < -0.3 is 5.32 Å². The van der Waals surface area contributed by atoms with Crippen LogP contribution in [0.25, 0.3) is 22.4 Å². The van der Waals surface area contributed by atoms with Crippen LogP contribution >= 0.6 is 11.8 Å². The van der Waals surface area contributed by atoms with E-state index in [0.29, 0.717) is 5.56 Å². The van der Waals surface area contributed by atoms with Crippen LogP contribution in [0.15, 0.2) is 96.0 Å². The summed E-state index contributed by atoms with van der Waals surface area (Å²) < 4.78 is 0. The van der Waals surface area contributed by atoms with Gasteiger partial charge in [0.25, 0.3) is 5.91 Å². The predicted octanol–water partition coefficient (Wildman–Crippen LogP) is 7.27. The van der Waals surface area contributed by atoms with E-state index in [1.807, 2.05) is 54.6 Å². The van der Waals surface area contributed by atoms with Gasteiger partial charge in [-0.3, -0.25) is 9.78 Å². The molecule has 1 heterocycles. The molecule has 0 spiro atoms. The van der Waals surface area contributed by atoms with E-state index in [1.165, 1.54) is 18.4 Å². The fraction of sp³-hybridized carbons (Fsp3) is 0.143. The third kappa shape index (κ3) is 4.46. The molecule has 1 aliphatic carbocycles. The summed E-state index contributed by atoms with van der Waals surface area (Å²) in [5, 5.41) is 3.08. The smallest absolute Gasteiger partial charge is 0.256 e. The number of hydrogen-bond donors (Lipinski definition) is 1. The van der Waals surface area contributed by atoms with Crippen molar-refractivity contribution >= 4 is 23.4 Å². The Morgan fingerprint density at radius 1 is 0.906 bits per heavy atom. The van der Waals surface area contributed by atoms with Crippen LogP contribution in [-0.4, -0.2) is 17.1 Å². The largest absolute Gasteiger partial charge is 0.322 e. The Morgan fingerprint density at radius 2 is 1.75 bits per heavy atom. The first-order valence-corrected chi connectivity index (χ1v) is 12.0. The van der Waals surface area contributed by atoms with Crippen LogP contribution in [0.2, 0.25) is 0 Å². The fourth-order valence-electron chi connectivity index (χ4n) is 3.93. The van der Waals surface area contributed by atoms with Gasteiger partial charge in [0.05, 0.1) is 5.69 Å². The van der Waals surface area contributed by atoms with Crippen molar-refractivity contribution in [2.24, 2.45) is 0 Å². The number of rotatable bonds is 6. The average molecular weight is 437 g/mol. The molecule has 1 amide bonds. The number of benzene rings is 3. The maximum absolute atomic E-state index is 13.3. The van der Waals surface area contributed by atoms with Crippen LogP contribution in [0.4, 0.5) is 5.69 Å². The van der Waals surface area contributed by atoms with E-state index in [4.69, 9.17) is 0 Å². The third-order valence-corrected chi connectivity index (χ3v) is 6.55. The highest BCUT2D eigenvalue weighted by Crippen LogP contribution is 2.41. The van der Waals surface area contributed by atoms with Crippen LogP contribution in [0.5, 0.6) is 0 Å². The summed E-state index contributed by atoms with van der Waals surface area (Å²) in [7, 11) is 0. The van der Waals surface area contributed by atoms with Crippen molar-refractivity contribution in [3.63, 3.8) is 0 Å². The van der Waals surface area contributed by atoms with Crippen molar-refractivity contribution in [3.05, 3.63) is 102 Å². The fourth-order valence-corrected chi connectivity index (χ4v) is 4.37. The number of nitrogens with one attached hydrogen (secondary N) is 1. The van der Waals surface area contributed by atoms with Crippen LogP contribution in [0, 0.1) is 0 Å². The molecule has 3 nitrogen and oxygen atoms in total. The molecule has 1 fully saturated rings. The van der Waals surface area contributed by atoms with Crippen molar-refractivity contribution in [2.45, 2.75) is 23.7 Å². The van der Waals surface area contributed by atoms with Crippen molar-refractivity contribution < 1.29 is 4.79 Å². The number of carbonyl (C=O) groups is 1. The third-order valence-electron chi connectivity index (χ3n) is 5.82. The minimum absolute atomic E-state index is 0.114. The second-order valence-electron chi connectivity index (χ2n) is 8.06. The van der Waals surface area contributed by atoms with Crippen LogP contribution in [-0.2, 0) is 0 Å². The number of thioether (sulfide) groups is 1. The highest BCUT2D eigenvalue weighted by molar-refractivity contribution is 7.98. The molecule has 0 bridgehead atoms. The Balaban J connectivity index is 1.45. The molecule has 1 N–H and O–H groups in total. The molecule has 158 valence electrons. The van der Waals surface area contributed by atoms with Gasteiger partial charge in [-0.25, -0.2) is 0 Å². The highest BCUT2D eigenvalue weighted by atomic mass is 32.2. The zero-order chi connectivity index (χ0) is 21.9. The van der Waals surface area contributed by atoms with Crippen molar-refractivity contribution in [1.82, 2.24) is 4.98 Å². The Morgan fingerprint density at radius 3 is 2.47 bits per heavy atom. The summed E-state index contributed by atoms with van der Waals surface area (Å²) in [5.74, 6) is 0.604.